The van der Waals surface area contributed by atoms with Crippen molar-refractivity contribution in [1.29, 1.82) is 0 Å². The molecule has 0 aromatic heterocycles. The Bertz CT molecular complexity index is 598. The van der Waals surface area contributed by atoms with Crippen LogP contribution in [-0.4, -0.2) is 75.1 Å². The molecule has 1 heterocycles. The summed E-state index contributed by atoms with van der Waals surface area (Å²) in [4.78, 5) is 34.2. The van der Waals surface area contributed by atoms with E-state index in [0.717, 1.165) is 6.92 Å². The lowest BCUT2D eigenvalue weighted by atomic mass is 10.1. The van der Waals surface area contributed by atoms with Gasteiger partial charge in [-0.05, 0) is 13.8 Å². The number of carbonyl (C=O) groups is 3. The first kappa shape index (κ1) is 25.5. The maximum Gasteiger partial charge on any atom is 0.332 e. The highest BCUT2D eigenvalue weighted by Crippen LogP contribution is 2.47. The van der Waals surface area contributed by atoms with Gasteiger partial charge in [0.05, 0.1) is 32.6 Å². The van der Waals surface area contributed by atoms with Gasteiger partial charge in [-0.25, -0.2) is 0 Å². The van der Waals surface area contributed by atoms with Gasteiger partial charge in [0, 0.05) is 20.8 Å². The molecule has 1 saturated heterocycles. The minimum Gasteiger partial charge on any atom is -0.455 e. The van der Waals surface area contributed by atoms with Crippen molar-refractivity contribution < 1.29 is 51.7 Å². The SMILES string of the molecule is CCOP(=O)(CCOC[C@H]1O[C@H](OC(C)=O)[C@H](OC(C)=O)[C@@H]1OC(C)=O)OCC. The fourth-order valence-electron chi connectivity index (χ4n) is 2.67. The van der Waals surface area contributed by atoms with Crippen LogP contribution < -0.4 is 0 Å². The van der Waals surface area contributed by atoms with Crippen LogP contribution in [0.4, 0.5) is 0 Å². The highest BCUT2D eigenvalue weighted by atomic mass is 31.2. The van der Waals surface area contributed by atoms with E-state index in [1.807, 2.05) is 0 Å². The molecule has 1 aliphatic rings. The Morgan fingerprint density at radius 2 is 1.38 bits per heavy atom. The second kappa shape index (κ2) is 12.2. The quantitative estimate of drug-likeness (QED) is 0.189. The number of hydrogen-bond acceptors (Lipinski definition) is 11. The van der Waals surface area contributed by atoms with E-state index in [1.165, 1.54) is 13.8 Å². The van der Waals surface area contributed by atoms with Crippen LogP contribution in [0, 0.1) is 0 Å². The molecule has 0 spiro atoms. The van der Waals surface area contributed by atoms with E-state index in [2.05, 4.69) is 0 Å². The summed E-state index contributed by atoms with van der Waals surface area (Å²) in [5.41, 5.74) is 0. The molecule has 1 aliphatic heterocycles. The minimum absolute atomic E-state index is 0.0143. The number of hydrogen-bond donors (Lipinski definition) is 0. The Hall–Kier alpha value is -1.52. The average Bonchev–Trinajstić information content (AvgIpc) is 2.87. The summed E-state index contributed by atoms with van der Waals surface area (Å²) in [5.74, 6) is -1.96. The van der Waals surface area contributed by atoms with Crippen molar-refractivity contribution in [3.63, 3.8) is 0 Å². The molecule has 1 rings (SSSR count). The molecular weight excluding hydrogens is 411 g/mol. The Kier molecular flexibility index (Phi) is 10.8. The maximum atomic E-state index is 12.4. The summed E-state index contributed by atoms with van der Waals surface area (Å²) in [6, 6.07) is 0. The Balaban J connectivity index is 2.77. The van der Waals surface area contributed by atoms with Crippen molar-refractivity contribution in [3.8, 4) is 0 Å². The van der Waals surface area contributed by atoms with E-state index >= 15 is 0 Å². The van der Waals surface area contributed by atoms with Gasteiger partial charge < -0.3 is 32.7 Å². The summed E-state index contributed by atoms with van der Waals surface area (Å²) < 4.78 is 49.2. The monoisotopic (exact) mass is 440 g/mol. The van der Waals surface area contributed by atoms with Crippen LogP contribution in [0.2, 0.25) is 0 Å². The Morgan fingerprint density at radius 3 is 1.86 bits per heavy atom. The summed E-state index contributed by atoms with van der Waals surface area (Å²) in [5, 5.41) is 0. The zero-order chi connectivity index (χ0) is 22.0. The third-order valence-electron chi connectivity index (χ3n) is 3.60. The van der Waals surface area contributed by atoms with Crippen LogP contribution in [-0.2, 0) is 51.7 Å². The number of esters is 3. The van der Waals surface area contributed by atoms with Gasteiger partial charge in [-0.2, -0.15) is 0 Å². The molecule has 4 atom stereocenters. The van der Waals surface area contributed by atoms with Gasteiger partial charge in [-0.3, -0.25) is 18.9 Å². The summed E-state index contributed by atoms with van der Waals surface area (Å²) >= 11 is 0. The van der Waals surface area contributed by atoms with Gasteiger partial charge in [0.1, 0.15) is 6.10 Å². The molecule has 0 unspecified atom stereocenters. The summed E-state index contributed by atoms with van der Waals surface area (Å²) in [6.07, 6.45) is -4.32. The van der Waals surface area contributed by atoms with E-state index in [4.69, 9.17) is 32.7 Å². The fraction of sp³-hybridized carbons (Fsp3) is 0.824. The molecule has 1 fully saturated rings. The number of carbonyl (C=O) groups excluding carboxylic acids is 3. The fourth-order valence-corrected chi connectivity index (χ4v) is 4.14. The van der Waals surface area contributed by atoms with Crippen LogP contribution in [0.15, 0.2) is 0 Å². The van der Waals surface area contributed by atoms with Crippen molar-refractivity contribution in [3.05, 3.63) is 0 Å². The van der Waals surface area contributed by atoms with E-state index < -0.39 is 50.1 Å². The van der Waals surface area contributed by atoms with Crippen molar-refractivity contribution in [2.75, 3.05) is 32.6 Å². The summed E-state index contributed by atoms with van der Waals surface area (Å²) in [6.45, 7) is 7.28. The highest BCUT2D eigenvalue weighted by Gasteiger charge is 2.51. The molecule has 29 heavy (non-hydrogen) atoms. The zero-order valence-corrected chi connectivity index (χ0v) is 18.2. The van der Waals surface area contributed by atoms with Crippen LogP contribution in [0.1, 0.15) is 34.6 Å². The Morgan fingerprint density at radius 1 is 0.862 bits per heavy atom. The lowest BCUT2D eigenvalue weighted by molar-refractivity contribution is -0.196. The first-order valence-corrected chi connectivity index (χ1v) is 11.0. The van der Waals surface area contributed by atoms with Gasteiger partial charge in [-0.15, -0.1) is 0 Å². The van der Waals surface area contributed by atoms with Gasteiger partial charge >= 0.3 is 25.5 Å². The molecule has 0 aromatic rings. The maximum absolute atomic E-state index is 12.4. The molecule has 168 valence electrons. The first-order chi connectivity index (χ1) is 13.6. The van der Waals surface area contributed by atoms with Gasteiger partial charge in [-0.1, -0.05) is 0 Å². The van der Waals surface area contributed by atoms with Crippen LogP contribution >= 0.6 is 7.60 Å². The minimum atomic E-state index is -3.27. The molecule has 0 saturated carbocycles. The third kappa shape index (κ3) is 8.79. The number of ether oxygens (including phenoxy) is 5. The first-order valence-electron chi connectivity index (χ1n) is 9.24. The zero-order valence-electron chi connectivity index (χ0n) is 17.3. The molecule has 11 nitrogen and oxygen atoms in total. The van der Waals surface area contributed by atoms with Crippen LogP contribution in [0.3, 0.4) is 0 Å². The molecule has 0 radical (unpaired) electrons. The van der Waals surface area contributed by atoms with E-state index in [0.29, 0.717) is 0 Å². The average molecular weight is 440 g/mol. The van der Waals surface area contributed by atoms with Crippen molar-refractivity contribution in [1.82, 2.24) is 0 Å². The van der Waals surface area contributed by atoms with E-state index in [9.17, 15) is 18.9 Å². The lowest BCUT2D eigenvalue weighted by Crippen LogP contribution is -2.42. The largest absolute Gasteiger partial charge is 0.455 e. The third-order valence-corrected chi connectivity index (χ3v) is 5.63. The van der Waals surface area contributed by atoms with Crippen molar-refractivity contribution in [2.45, 2.75) is 59.2 Å². The van der Waals surface area contributed by atoms with Gasteiger partial charge in [0.2, 0.25) is 12.4 Å². The van der Waals surface area contributed by atoms with Crippen molar-refractivity contribution in [2.24, 2.45) is 0 Å². The molecule has 0 N–H and O–H groups in total. The second-order valence-electron chi connectivity index (χ2n) is 6.05. The molecule has 0 bridgehead atoms. The normalized spacial score (nSPS) is 24.2. The predicted octanol–water partition coefficient (Wildman–Crippen LogP) is 1.42. The van der Waals surface area contributed by atoms with Gasteiger partial charge in [0.15, 0.2) is 6.10 Å². The predicted molar refractivity (Wildman–Crippen MR) is 98.1 cm³/mol. The van der Waals surface area contributed by atoms with Gasteiger partial charge in [0.25, 0.3) is 0 Å². The van der Waals surface area contributed by atoms with E-state index in [-0.39, 0.29) is 32.6 Å². The van der Waals surface area contributed by atoms with Crippen molar-refractivity contribution >= 4 is 25.5 Å². The number of rotatable bonds is 12. The van der Waals surface area contributed by atoms with E-state index in [1.54, 1.807) is 13.8 Å². The summed E-state index contributed by atoms with van der Waals surface area (Å²) in [7, 11) is -3.27. The molecule has 0 amide bonds. The molecule has 12 heteroatoms. The smallest absolute Gasteiger partial charge is 0.332 e. The van der Waals surface area contributed by atoms with Crippen LogP contribution in [0.25, 0.3) is 0 Å². The molecule has 0 aromatic carbocycles. The second-order valence-corrected chi connectivity index (χ2v) is 8.23. The standard InChI is InChI=1S/C17H29O11P/c1-6-23-29(21,24-7-2)9-8-22-10-14-15(25-11(3)18)16(26-12(4)19)17(28-14)27-13(5)20/h14-17H,6-10H2,1-5H3/t14-,15-,16-,17+/m1/s1. The van der Waals surface area contributed by atoms with Crippen LogP contribution in [0.5, 0.6) is 0 Å². The highest BCUT2D eigenvalue weighted by molar-refractivity contribution is 7.53. The topological polar surface area (TPSA) is 133 Å². The molecular formula is C17H29O11P. The molecule has 0 aliphatic carbocycles. The lowest BCUT2D eigenvalue weighted by Gasteiger charge is -2.23. The Labute approximate surface area is 169 Å².